The first-order valence-electron chi connectivity index (χ1n) is 6.86. The van der Waals surface area contributed by atoms with Crippen LogP contribution in [-0.2, 0) is 9.53 Å². The van der Waals surface area contributed by atoms with Gasteiger partial charge in [-0.05, 0) is 23.6 Å². The molecular formula is C18H20O2. The van der Waals surface area contributed by atoms with Crippen LogP contribution in [0.3, 0.4) is 0 Å². The van der Waals surface area contributed by atoms with Gasteiger partial charge in [-0.25, -0.2) is 0 Å². The van der Waals surface area contributed by atoms with E-state index in [0.29, 0.717) is 5.92 Å². The number of hydrogen-bond donors (Lipinski definition) is 0. The van der Waals surface area contributed by atoms with E-state index in [4.69, 9.17) is 4.74 Å². The summed E-state index contributed by atoms with van der Waals surface area (Å²) in [6.45, 7) is 4.05. The van der Waals surface area contributed by atoms with Crippen molar-refractivity contribution in [3.63, 3.8) is 0 Å². The van der Waals surface area contributed by atoms with E-state index in [1.165, 1.54) is 18.2 Å². The van der Waals surface area contributed by atoms with E-state index in [1.54, 1.807) is 0 Å². The highest BCUT2D eigenvalue weighted by Gasteiger charge is 2.17. The summed E-state index contributed by atoms with van der Waals surface area (Å²) >= 11 is 0. The molecule has 0 N–H and O–H groups in total. The number of esters is 1. The third-order valence-electron chi connectivity index (χ3n) is 3.76. The highest BCUT2D eigenvalue weighted by atomic mass is 16.5. The normalized spacial score (nSPS) is 13.6. The molecule has 0 unspecified atom stereocenters. The van der Waals surface area contributed by atoms with Crippen molar-refractivity contribution in [2.75, 3.05) is 7.11 Å². The summed E-state index contributed by atoms with van der Waals surface area (Å²) in [4.78, 5) is 11.6. The fraction of sp³-hybridized carbons (Fsp3) is 0.278. The number of rotatable bonds is 4. The number of benzene rings is 2. The van der Waals surface area contributed by atoms with Crippen LogP contribution >= 0.6 is 0 Å². The maximum absolute atomic E-state index is 11.6. The molecule has 2 atom stereocenters. The Morgan fingerprint density at radius 2 is 1.50 bits per heavy atom. The predicted molar refractivity (Wildman–Crippen MR) is 80.8 cm³/mol. The molecule has 2 aromatic carbocycles. The van der Waals surface area contributed by atoms with Gasteiger partial charge in [0.05, 0.1) is 13.0 Å². The van der Waals surface area contributed by atoms with Gasteiger partial charge >= 0.3 is 5.97 Å². The Morgan fingerprint density at radius 3 is 2.15 bits per heavy atom. The molecule has 2 rings (SSSR count). The molecule has 0 amide bonds. The molecule has 0 aliphatic carbocycles. The summed E-state index contributed by atoms with van der Waals surface area (Å²) in [5.41, 5.74) is 3.48. The highest BCUT2D eigenvalue weighted by Crippen LogP contribution is 2.27. The minimum absolute atomic E-state index is 0.200. The second-order valence-corrected chi connectivity index (χ2v) is 5.05. The standard InChI is InChI=1S/C18H20O2/c1-13(15-8-5-4-6-9-15)16-10-7-11-17(12-16)14(2)18(19)20-3/h4-14H,1-3H3/t13-,14-/m0/s1. The van der Waals surface area contributed by atoms with Crippen molar-refractivity contribution >= 4 is 5.97 Å². The quantitative estimate of drug-likeness (QED) is 0.780. The average molecular weight is 268 g/mol. The van der Waals surface area contributed by atoms with E-state index in [0.717, 1.165) is 5.56 Å². The lowest BCUT2D eigenvalue weighted by Crippen LogP contribution is -2.11. The van der Waals surface area contributed by atoms with Crippen molar-refractivity contribution in [1.29, 1.82) is 0 Å². The highest BCUT2D eigenvalue weighted by molar-refractivity contribution is 5.77. The van der Waals surface area contributed by atoms with Crippen LogP contribution in [0.15, 0.2) is 54.6 Å². The van der Waals surface area contributed by atoms with Gasteiger partial charge in [0.25, 0.3) is 0 Å². The Labute approximate surface area is 120 Å². The largest absolute Gasteiger partial charge is 0.469 e. The lowest BCUT2D eigenvalue weighted by molar-refractivity contribution is -0.141. The molecule has 0 aliphatic heterocycles. The van der Waals surface area contributed by atoms with Gasteiger partial charge in [-0.3, -0.25) is 4.79 Å². The molecule has 0 fully saturated rings. The fourth-order valence-corrected chi connectivity index (χ4v) is 2.34. The molecule has 0 heterocycles. The first-order valence-corrected chi connectivity index (χ1v) is 6.86. The van der Waals surface area contributed by atoms with Crippen molar-refractivity contribution in [2.45, 2.75) is 25.7 Å². The molecule has 0 aromatic heterocycles. The monoisotopic (exact) mass is 268 g/mol. The zero-order valence-electron chi connectivity index (χ0n) is 12.2. The van der Waals surface area contributed by atoms with E-state index in [9.17, 15) is 4.79 Å². The number of hydrogen-bond acceptors (Lipinski definition) is 2. The summed E-state index contributed by atoms with van der Waals surface area (Å²) in [5.74, 6) is -0.126. The Morgan fingerprint density at radius 1 is 0.900 bits per heavy atom. The average Bonchev–Trinajstić information content (AvgIpc) is 2.53. The van der Waals surface area contributed by atoms with E-state index in [1.807, 2.05) is 37.3 Å². The van der Waals surface area contributed by atoms with E-state index in [2.05, 4.69) is 31.2 Å². The molecule has 104 valence electrons. The predicted octanol–water partition coefficient (Wildman–Crippen LogP) is 4.11. The molecule has 0 saturated carbocycles. The number of carbonyl (C=O) groups is 1. The van der Waals surface area contributed by atoms with Crippen LogP contribution in [-0.4, -0.2) is 13.1 Å². The van der Waals surface area contributed by atoms with Crippen LogP contribution in [0, 0.1) is 0 Å². The summed E-state index contributed by atoms with van der Waals surface area (Å²) in [6.07, 6.45) is 0. The van der Waals surface area contributed by atoms with Gasteiger partial charge in [-0.2, -0.15) is 0 Å². The van der Waals surface area contributed by atoms with Crippen LogP contribution in [0.2, 0.25) is 0 Å². The molecule has 2 heteroatoms. The molecule has 0 radical (unpaired) electrons. The number of ether oxygens (including phenoxy) is 1. The smallest absolute Gasteiger partial charge is 0.312 e. The van der Waals surface area contributed by atoms with Crippen molar-refractivity contribution in [2.24, 2.45) is 0 Å². The maximum Gasteiger partial charge on any atom is 0.312 e. The second-order valence-electron chi connectivity index (χ2n) is 5.05. The van der Waals surface area contributed by atoms with Crippen molar-refractivity contribution < 1.29 is 9.53 Å². The molecule has 2 aromatic rings. The van der Waals surface area contributed by atoms with Crippen LogP contribution in [0.1, 0.15) is 42.4 Å². The third-order valence-corrected chi connectivity index (χ3v) is 3.76. The fourth-order valence-electron chi connectivity index (χ4n) is 2.34. The van der Waals surface area contributed by atoms with Gasteiger partial charge in [0.2, 0.25) is 0 Å². The summed E-state index contributed by atoms with van der Waals surface area (Å²) in [5, 5.41) is 0. The second kappa shape index (κ2) is 6.38. The Kier molecular flexibility index (Phi) is 4.57. The first-order chi connectivity index (χ1) is 9.63. The lowest BCUT2D eigenvalue weighted by Gasteiger charge is -2.15. The number of carbonyl (C=O) groups excluding carboxylic acids is 1. The zero-order valence-corrected chi connectivity index (χ0v) is 12.2. The van der Waals surface area contributed by atoms with Gasteiger partial charge in [0, 0.05) is 5.92 Å². The molecule has 20 heavy (non-hydrogen) atoms. The van der Waals surface area contributed by atoms with Crippen molar-refractivity contribution in [1.82, 2.24) is 0 Å². The van der Waals surface area contributed by atoms with E-state index in [-0.39, 0.29) is 11.9 Å². The SMILES string of the molecule is COC(=O)[C@@H](C)c1cccc([C@@H](C)c2ccccc2)c1. The summed E-state index contributed by atoms with van der Waals surface area (Å²) < 4.78 is 4.81. The van der Waals surface area contributed by atoms with Crippen LogP contribution in [0.5, 0.6) is 0 Å². The molecule has 2 nitrogen and oxygen atoms in total. The number of methoxy groups -OCH3 is 1. The maximum atomic E-state index is 11.6. The van der Waals surface area contributed by atoms with Crippen molar-refractivity contribution in [3.8, 4) is 0 Å². The van der Waals surface area contributed by atoms with Crippen LogP contribution < -0.4 is 0 Å². The van der Waals surface area contributed by atoms with E-state index < -0.39 is 0 Å². The topological polar surface area (TPSA) is 26.3 Å². The minimum Gasteiger partial charge on any atom is -0.469 e. The van der Waals surface area contributed by atoms with E-state index >= 15 is 0 Å². The third kappa shape index (κ3) is 3.08. The Bertz CT molecular complexity index is 575. The first kappa shape index (κ1) is 14.3. The lowest BCUT2D eigenvalue weighted by atomic mass is 9.90. The Balaban J connectivity index is 2.28. The van der Waals surface area contributed by atoms with Gasteiger partial charge in [0.1, 0.15) is 0 Å². The molecule has 0 bridgehead atoms. The minimum atomic E-state index is -0.233. The van der Waals surface area contributed by atoms with Gasteiger partial charge in [-0.15, -0.1) is 0 Å². The summed E-state index contributed by atoms with van der Waals surface area (Å²) in [7, 11) is 1.43. The van der Waals surface area contributed by atoms with Crippen LogP contribution in [0.25, 0.3) is 0 Å². The van der Waals surface area contributed by atoms with Crippen molar-refractivity contribution in [3.05, 3.63) is 71.3 Å². The summed E-state index contributed by atoms with van der Waals surface area (Å²) in [6, 6.07) is 18.5. The molecule has 0 saturated heterocycles. The van der Waals surface area contributed by atoms with Gasteiger partial charge < -0.3 is 4.74 Å². The van der Waals surface area contributed by atoms with Crippen LogP contribution in [0.4, 0.5) is 0 Å². The molecular weight excluding hydrogens is 248 g/mol. The van der Waals surface area contributed by atoms with Gasteiger partial charge in [-0.1, -0.05) is 61.5 Å². The molecule has 0 spiro atoms. The zero-order chi connectivity index (χ0) is 14.5. The molecule has 0 aliphatic rings. The van der Waals surface area contributed by atoms with Gasteiger partial charge in [0.15, 0.2) is 0 Å². The Hall–Kier alpha value is -2.09.